The van der Waals surface area contributed by atoms with Gasteiger partial charge in [0.05, 0.1) is 21.4 Å². The lowest BCUT2D eigenvalue weighted by Gasteiger charge is -2.10. The van der Waals surface area contributed by atoms with E-state index in [1.165, 1.54) is 12.3 Å². The molecule has 0 atom stereocenters. The summed E-state index contributed by atoms with van der Waals surface area (Å²) in [6.07, 6.45) is 1.32. The van der Waals surface area contributed by atoms with E-state index < -0.39 is 5.91 Å². The van der Waals surface area contributed by atoms with Crippen molar-refractivity contribution in [3.8, 4) is 6.07 Å². The molecule has 1 amide bonds. The molecule has 0 bridgehead atoms. The van der Waals surface area contributed by atoms with Crippen molar-refractivity contribution in [2.45, 2.75) is 13.8 Å². The summed E-state index contributed by atoms with van der Waals surface area (Å²) in [6.45, 7) is 3.82. The standard InChI is InChI=1S/C18H16Cl2N4O/c1-10-5-11(2)17(15(20)6-10)23-9-12(8-21)18(25)24-13-3-4-16(22)14(19)7-13/h3-7,9,23H,22H2,1-2H3,(H,24,25)/b12-9-. The number of nitrogens with zero attached hydrogens (tertiary/aromatic N) is 1. The van der Waals surface area contributed by atoms with Crippen LogP contribution >= 0.6 is 23.2 Å². The average Bonchev–Trinajstić information content (AvgIpc) is 2.53. The largest absolute Gasteiger partial charge is 0.398 e. The van der Waals surface area contributed by atoms with Crippen LogP contribution in [0, 0.1) is 25.2 Å². The van der Waals surface area contributed by atoms with Crippen LogP contribution in [0.2, 0.25) is 10.0 Å². The minimum atomic E-state index is -0.572. The second kappa shape index (κ2) is 7.93. The van der Waals surface area contributed by atoms with Crippen molar-refractivity contribution in [3.63, 3.8) is 0 Å². The molecular formula is C18H16Cl2N4O. The van der Waals surface area contributed by atoms with Crippen molar-refractivity contribution in [2.75, 3.05) is 16.4 Å². The minimum Gasteiger partial charge on any atom is -0.398 e. The molecule has 7 heteroatoms. The van der Waals surface area contributed by atoms with E-state index >= 15 is 0 Å². The SMILES string of the molecule is Cc1cc(C)c(N/C=C(/C#N)C(=O)Nc2ccc(N)c(Cl)c2)c(Cl)c1. The van der Waals surface area contributed by atoms with Crippen LogP contribution in [0.15, 0.2) is 42.1 Å². The molecule has 0 aromatic heterocycles. The number of amides is 1. The van der Waals surface area contributed by atoms with E-state index in [0.717, 1.165) is 11.1 Å². The van der Waals surface area contributed by atoms with Crippen LogP contribution in [0.4, 0.5) is 17.1 Å². The van der Waals surface area contributed by atoms with Gasteiger partial charge in [0.25, 0.3) is 5.91 Å². The predicted octanol–water partition coefficient (Wildman–Crippen LogP) is 4.65. The molecule has 0 heterocycles. The second-order valence-electron chi connectivity index (χ2n) is 5.44. The van der Waals surface area contributed by atoms with Crippen LogP contribution in [-0.2, 0) is 4.79 Å². The maximum Gasteiger partial charge on any atom is 0.267 e. The summed E-state index contributed by atoms with van der Waals surface area (Å²) in [7, 11) is 0. The first kappa shape index (κ1) is 18.7. The normalized spacial score (nSPS) is 10.9. The van der Waals surface area contributed by atoms with Crippen LogP contribution in [0.3, 0.4) is 0 Å². The number of benzene rings is 2. The summed E-state index contributed by atoms with van der Waals surface area (Å²) in [6, 6.07) is 10.3. The van der Waals surface area contributed by atoms with Gasteiger partial charge in [-0.05, 0) is 49.2 Å². The molecule has 2 rings (SSSR count). The fourth-order valence-electron chi connectivity index (χ4n) is 2.19. The molecule has 0 spiro atoms. The van der Waals surface area contributed by atoms with Crippen LogP contribution in [0.1, 0.15) is 11.1 Å². The third-order valence-corrected chi connectivity index (χ3v) is 4.04. The Bertz CT molecular complexity index is 877. The van der Waals surface area contributed by atoms with Gasteiger partial charge >= 0.3 is 0 Å². The molecule has 0 saturated heterocycles. The van der Waals surface area contributed by atoms with Gasteiger partial charge in [0, 0.05) is 11.9 Å². The number of aryl methyl sites for hydroxylation is 2. The lowest BCUT2D eigenvalue weighted by molar-refractivity contribution is -0.112. The van der Waals surface area contributed by atoms with Crippen molar-refractivity contribution in [1.29, 1.82) is 5.26 Å². The molecule has 2 aromatic rings. The number of hydrogen-bond donors (Lipinski definition) is 3. The van der Waals surface area contributed by atoms with E-state index in [0.29, 0.717) is 27.1 Å². The van der Waals surface area contributed by atoms with Crippen LogP contribution in [0.5, 0.6) is 0 Å². The first-order valence-electron chi connectivity index (χ1n) is 7.31. The lowest BCUT2D eigenvalue weighted by Crippen LogP contribution is -2.14. The highest BCUT2D eigenvalue weighted by Crippen LogP contribution is 2.27. The predicted molar refractivity (Wildman–Crippen MR) is 103 cm³/mol. The molecule has 0 unspecified atom stereocenters. The van der Waals surface area contributed by atoms with E-state index in [1.807, 2.05) is 26.0 Å². The Labute approximate surface area is 156 Å². The highest BCUT2D eigenvalue weighted by molar-refractivity contribution is 6.33. The molecule has 4 N–H and O–H groups in total. The molecule has 128 valence electrons. The average molecular weight is 375 g/mol. The van der Waals surface area contributed by atoms with Gasteiger partial charge in [0.2, 0.25) is 0 Å². The summed E-state index contributed by atoms with van der Waals surface area (Å²) in [4.78, 5) is 12.2. The number of carbonyl (C=O) groups is 1. The summed E-state index contributed by atoms with van der Waals surface area (Å²) in [5.74, 6) is -0.572. The topological polar surface area (TPSA) is 90.9 Å². The number of nitriles is 1. The Morgan fingerprint density at radius 2 is 1.92 bits per heavy atom. The Morgan fingerprint density at radius 1 is 1.20 bits per heavy atom. The highest BCUT2D eigenvalue weighted by atomic mass is 35.5. The third kappa shape index (κ3) is 4.66. The number of halogens is 2. The fourth-order valence-corrected chi connectivity index (χ4v) is 2.75. The summed E-state index contributed by atoms with van der Waals surface area (Å²) < 4.78 is 0. The first-order chi connectivity index (χ1) is 11.8. The van der Waals surface area contributed by atoms with Gasteiger partial charge in [-0.15, -0.1) is 0 Å². The van der Waals surface area contributed by atoms with Gasteiger partial charge < -0.3 is 16.4 Å². The maximum absolute atomic E-state index is 12.2. The van der Waals surface area contributed by atoms with E-state index in [2.05, 4.69) is 10.6 Å². The zero-order valence-electron chi connectivity index (χ0n) is 13.7. The Kier molecular flexibility index (Phi) is 5.92. The third-order valence-electron chi connectivity index (χ3n) is 3.42. The summed E-state index contributed by atoms with van der Waals surface area (Å²) in [5, 5.41) is 15.6. The quantitative estimate of drug-likeness (QED) is 0.412. The number of anilines is 3. The molecule has 0 aliphatic heterocycles. The Balaban J connectivity index is 2.18. The van der Waals surface area contributed by atoms with Gasteiger partial charge in [-0.2, -0.15) is 5.26 Å². The molecule has 2 aromatic carbocycles. The van der Waals surface area contributed by atoms with Gasteiger partial charge in [-0.1, -0.05) is 29.3 Å². The van der Waals surface area contributed by atoms with Crippen LogP contribution in [0.25, 0.3) is 0 Å². The van der Waals surface area contributed by atoms with Crippen molar-refractivity contribution < 1.29 is 4.79 Å². The molecule has 0 aliphatic rings. The number of hydrogen-bond acceptors (Lipinski definition) is 4. The molecule has 25 heavy (non-hydrogen) atoms. The van der Waals surface area contributed by atoms with Crippen molar-refractivity contribution in [3.05, 3.63) is 63.3 Å². The first-order valence-corrected chi connectivity index (χ1v) is 8.07. The smallest absolute Gasteiger partial charge is 0.267 e. The summed E-state index contributed by atoms with van der Waals surface area (Å²) in [5.41, 5.74) is 8.93. The molecule has 0 radical (unpaired) electrons. The number of nitrogens with one attached hydrogen (secondary N) is 2. The fraction of sp³-hybridized carbons (Fsp3) is 0.111. The van der Waals surface area contributed by atoms with Gasteiger partial charge in [-0.3, -0.25) is 4.79 Å². The molecular weight excluding hydrogens is 359 g/mol. The van der Waals surface area contributed by atoms with E-state index in [-0.39, 0.29) is 5.57 Å². The second-order valence-corrected chi connectivity index (χ2v) is 6.26. The molecule has 0 aliphatic carbocycles. The molecule has 0 fully saturated rings. The summed E-state index contributed by atoms with van der Waals surface area (Å²) >= 11 is 12.1. The number of nitrogen functional groups attached to an aromatic ring is 1. The number of rotatable bonds is 4. The molecule has 5 nitrogen and oxygen atoms in total. The monoisotopic (exact) mass is 374 g/mol. The van der Waals surface area contributed by atoms with Crippen molar-refractivity contribution >= 4 is 46.2 Å². The van der Waals surface area contributed by atoms with Gasteiger partial charge in [0.1, 0.15) is 11.6 Å². The number of nitrogens with two attached hydrogens (primary N) is 1. The number of carbonyl (C=O) groups excluding carboxylic acids is 1. The lowest BCUT2D eigenvalue weighted by atomic mass is 10.1. The Morgan fingerprint density at radius 3 is 2.52 bits per heavy atom. The maximum atomic E-state index is 12.2. The van der Waals surface area contributed by atoms with Crippen molar-refractivity contribution in [2.24, 2.45) is 0 Å². The van der Waals surface area contributed by atoms with E-state index in [4.69, 9.17) is 28.9 Å². The van der Waals surface area contributed by atoms with Crippen LogP contribution in [-0.4, -0.2) is 5.91 Å². The van der Waals surface area contributed by atoms with Gasteiger partial charge in [0.15, 0.2) is 0 Å². The minimum absolute atomic E-state index is 0.107. The van der Waals surface area contributed by atoms with Crippen molar-refractivity contribution in [1.82, 2.24) is 0 Å². The Hall–Kier alpha value is -2.68. The van der Waals surface area contributed by atoms with Gasteiger partial charge in [-0.25, -0.2) is 0 Å². The zero-order chi connectivity index (χ0) is 18.6. The van der Waals surface area contributed by atoms with Crippen LogP contribution < -0.4 is 16.4 Å². The zero-order valence-corrected chi connectivity index (χ0v) is 15.2. The van der Waals surface area contributed by atoms with E-state index in [1.54, 1.807) is 18.2 Å². The highest BCUT2D eigenvalue weighted by Gasteiger charge is 2.11. The molecule has 0 saturated carbocycles. The van der Waals surface area contributed by atoms with E-state index in [9.17, 15) is 10.1 Å².